The number of carbonyl (C=O) groups is 1. The monoisotopic (exact) mass is 280 g/mol. The van der Waals surface area contributed by atoms with Crippen molar-refractivity contribution in [2.24, 2.45) is 0 Å². The average molecular weight is 280 g/mol. The van der Waals surface area contributed by atoms with E-state index in [1.165, 1.54) is 0 Å². The minimum Gasteiger partial charge on any atom is -0.395 e. The van der Waals surface area contributed by atoms with Crippen LogP contribution in [0.2, 0.25) is 0 Å². The van der Waals surface area contributed by atoms with Crippen LogP contribution in [-0.4, -0.2) is 46.8 Å². The van der Waals surface area contributed by atoms with E-state index in [-0.39, 0.29) is 11.5 Å². The SMILES string of the molecule is CCCc1[nH]nc(C(=O)N2CCCC(C)(OC)C2)c1N. The summed E-state index contributed by atoms with van der Waals surface area (Å²) >= 11 is 0. The Bertz CT molecular complexity index is 486. The van der Waals surface area contributed by atoms with Gasteiger partial charge in [0.05, 0.1) is 17.0 Å². The number of rotatable bonds is 4. The molecule has 6 nitrogen and oxygen atoms in total. The number of aromatic nitrogens is 2. The number of anilines is 1. The van der Waals surface area contributed by atoms with E-state index in [0.717, 1.165) is 37.9 Å². The van der Waals surface area contributed by atoms with E-state index in [9.17, 15) is 4.79 Å². The maximum absolute atomic E-state index is 12.5. The van der Waals surface area contributed by atoms with Crippen LogP contribution in [0.1, 0.15) is 49.3 Å². The van der Waals surface area contributed by atoms with Crippen LogP contribution in [0.15, 0.2) is 0 Å². The minimum absolute atomic E-state index is 0.107. The van der Waals surface area contributed by atoms with E-state index in [0.29, 0.717) is 17.9 Å². The molecule has 0 aromatic carbocycles. The van der Waals surface area contributed by atoms with Crippen molar-refractivity contribution in [3.05, 3.63) is 11.4 Å². The molecular formula is C14H24N4O2. The van der Waals surface area contributed by atoms with E-state index in [1.807, 2.05) is 6.92 Å². The average Bonchev–Trinajstić information content (AvgIpc) is 2.80. The fraction of sp³-hybridized carbons (Fsp3) is 0.714. The van der Waals surface area contributed by atoms with Crippen LogP contribution in [0.25, 0.3) is 0 Å². The number of piperidine rings is 1. The van der Waals surface area contributed by atoms with Crippen molar-refractivity contribution in [2.45, 2.75) is 45.1 Å². The fourth-order valence-electron chi connectivity index (χ4n) is 2.69. The molecule has 0 spiro atoms. The van der Waals surface area contributed by atoms with Gasteiger partial charge in [0.2, 0.25) is 0 Å². The highest BCUT2D eigenvalue weighted by Crippen LogP contribution is 2.26. The second kappa shape index (κ2) is 5.83. The molecule has 1 aliphatic rings. The number of nitrogens with two attached hydrogens (primary N) is 1. The van der Waals surface area contributed by atoms with Crippen LogP contribution >= 0.6 is 0 Å². The van der Waals surface area contributed by atoms with Crippen LogP contribution < -0.4 is 5.73 Å². The lowest BCUT2D eigenvalue weighted by Gasteiger charge is -2.39. The predicted octanol–water partition coefficient (Wildman–Crippen LogP) is 1.59. The number of aryl methyl sites for hydroxylation is 1. The third-order valence-electron chi connectivity index (χ3n) is 4.02. The second-order valence-corrected chi connectivity index (χ2v) is 5.70. The van der Waals surface area contributed by atoms with E-state index in [2.05, 4.69) is 17.1 Å². The summed E-state index contributed by atoms with van der Waals surface area (Å²) < 4.78 is 5.52. The van der Waals surface area contributed by atoms with Gasteiger partial charge in [-0.2, -0.15) is 5.10 Å². The first-order chi connectivity index (χ1) is 9.50. The van der Waals surface area contributed by atoms with Crippen molar-refractivity contribution in [3.63, 3.8) is 0 Å². The molecule has 0 aliphatic carbocycles. The molecule has 0 saturated carbocycles. The number of hydrogen-bond donors (Lipinski definition) is 2. The molecular weight excluding hydrogens is 256 g/mol. The Kier molecular flexibility index (Phi) is 4.32. The Morgan fingerprint density at radius 3 is 3.00 bits per heavy atom. The third kappa shape index (κ3) is 2.80. The lowest BCUT2D eigenvalue weighted by atomic mass is 9.94. The van der Waals surface area contributed by atoms with Gasteiger partial charge in [-0.25, -0.2) is 0 Å². The van der Waals surface area contributed by atoms with E-state index >= 15 is 0 Å². The van der Waals surface area contributed by atoms with E-state index < -0.39 is 0 Å². The number of hydrogen-bond acceptors (Lipinski definition) is 4. The number of amides is 1. The molecule has 2 rings (SSSR count). The molecule has 1 aromatic heterocycles. The zero-order valence-corrected chi connectivity index (χ0v) is 12.5. The molecule has 1 amide bonds. The highest BCUT2D eigenvalue weighted by atomic mass is 16.5. The summed E-state index contributed by atoms with van der Waals surface area (Å²) in [6, 6.07) is 0. The molecule has 3 N–H and O–H groups in total. The number of aromatic amines is 1. The summed E-state index contributed by atoms with van der Waals surface area (Å²) in [5, 5.41) is 6.98. The van der Waals surface area contributed by atoms with Crippen molar-refractivity contribution in [3.8, 4) is 0 Å². The number of likely N-dealkylation sites (tertiary alicyclic amines) is 1. The van der Waals surface area contributed by atoms with E-state index in [4.69, 9.17) is 10.5 Å². The van der Waals surface area contributed by atoms with Crippen LogP contribution in [0.5, 0.6) is 0 Å². The van der Waals surface area contributed by atoms with Gasteiger partial charge in [-0.1, -0.05) is 13.3 Å². The van der Waals surface area contributed by atoms with Crippen molar-refractivity contribution in [1.29, 1.82) is 0 Å². The van der Waals surface area contributed by atoms with Crippen molar-refractivity contribution in [2.75, 3.05) is 25.9 Å². The Morgan fingerprint density at radius 2 is 2.35 bits per heavy atom. The molecule has 2 heterocycles. The van der Waals surface area contributed by atoms with Gasteiger partial charge in [-0.05, 0) is 26.2 Å². The number of nitrogen functional groups attached to an aromatic ring is 1. The van der Waals surface area contributed by atoms with Gasteiger partial charge in [0, 0.05) is 20.2 Å². The van der Waals surface area contributed by atoms with Crippen LogP contribution in [0.4, 0.5) is 5.69 Å². The molecule has 1 saturated heterocycles. The molecule has 6 heteroatoms. The van der Waals surface area contributed by atoms with Gasteiger partial charge in [0.15, 0.2) is 5.69 Å². The molecule has 112 valence electrons. The summed E-state index contributed by atoms with van der Waals surface area (Å²) in [7, 11) is 1.69. The number of methoxy groups -OCH3 is 1. The zero-order chi connectivity index (χ0) is 14.8. The smallest absolute Gasteiger partial charge is 0.276 e. The first-order valence-electron chi connectivity index (χ1n) is 7.18. The fourth-order valence-corrected chi connectivity index (χ4v) is 2.69. The van der Waals surface area contributed by atoms with Gasteiger partial charge in [0.25, 0.3) is 5.91 Å². The molecule has 1 unspecified atom stereocenters. The molecule has 0 bridgehead atoms. The molecule has 20 heavy (non-hydrogen) atoms. The first-order valence-corrected chi connectivity index (χ1v) is 7.18. The second-order valence-electron chi connectivity index (χ2n) is 5.70. The molecule has 1 atom stereocenters. The standard InChI is InChI=1S/C14H24N4O2/c1-4-6-10-11(15)12(17-16-10)13(19)18-8-5-7-14(2,9-18)20-3/h4-9,15H2,1-3H3,(H,16,17). The number of nitrogens with one attached hydrogen (secondary N) is 1. The predicted molar refractivity (Wildman–Crippen MR) is 77.5 cm³/mol. The minimum atomic E-state index is -0.273. The molecule has 1 fully saturated rings. The third-order valence-corrected chi connectivity index (χ3v) is 4.02. The largest absolute Gasteiger partial charge is 0.395 e. The van der Waals surface area contributed by atoms with E-state index in [1.54, 1.807) is 12.0 Å². The number of carbonyl (C=O) groups excluding carboxylic acids is 1. The van der Waals surface area contributed by atoms with Crippen LogP contribution in [0.3, 0.4) is 0 Å². The number of nitrogens with zero attached hydrogens (tertiary/aromatic N) is 2. The Morgan fingerprint density at radius 1 is 1.60 bits per heavy atom. The summed E-state index contributed by atoms with van der Waals surface area (Å²) in [6.45, 7) is 5.41. The Hall–Kier alpha value is -1.56. The lowest BCUT2D eigenvalue weighted by Crippen LogP contribution is -2.49. The lowest BCUT2D eigenvalue weighted by molar-refractivity contribution is -0.0441. The van der Waals surface area contributed by atoms with Crippen molar-refractivity contribution >= 4 is 11.6 Å². The van der Waals surface area contributed by atoms with Gasteiger partial charge >= 0.3 is 0 Å². The van der Waals surface area contributed by atoms with Gasteiger partial charge in [0.1, 0.15) is 0 Å². The highest BCUT2D eigenvalue weighted by Gasteiger charge is 2.34. The molecule has 0 radical (unpaired) electrons. The van der Waals surface area contributed by atoms with Gasteiger partial charge < -0.3 is 15.4 Å². The van der Waals surface area contributed by atoms with Gasteiger partial charge in [-0.15, -0.1) is 0 Å². The normalized spacial score (nSPS) is 23.1. The van der Waals surface area contributed by atoms with Crippen LogP contribution in [-0.2, 0) is 11.2 Å². The quantitative estimate of drug-likeness (QED) is 0.877. The Balaban J connectivity index is 2.15. The zero-order valence-electron chi connectivity index (χ0n) is 12.5. The summed E-state index contributed by atoms with van der Waals surface area (Å²) in [5.41, 5.74) is 7.43. The van der Waals surface area contributed by atoms with Gasteiger partial charge in [-0.3, -0.25) is 9.89 Å². The highest BCUT2D eigenvalue weighted by molar-refractivity contribution is 5.97. The topological polar surface area (TPSA) is 84.2 Å². The molecule has 1 aromatic rings. The molecule has 1 aliphatic heterocycles. The van der Waals surface area contributed by atoms with Crippen molar-refractivity contribution in [1.82, 2.24) is 15.1 Å². The number of H-pyrrole nitrogens is 1. The summed E-state index contributed by atoms with van der Waals surface area (Å²) in [6.07, 6.45) is 3.67. The number of ether oxygens (including phenoxy) is 1. The van der Waals surface area contributed by atoms with Crippen molar-refractivity contribution < 1.29 is 9.53 Å². The summed E-state index contributed by atoms with van der Waals surface area (Å²) in [5.74, 6) is -0.107. The van der Waals surface area contributed by atoms with Crippen LogP contribution in [0, 0.1) is 0 Å². The first kappa shape index (κ1) is 14.8. The maximum Gasteiger partial charge on any atom is 0.276 e. The maximum atomic E-state index is 12.5. The Labute approximate surface area is 119 Å². The summed E-state index contributed by atoms with van der Waals surface area (Å²) in [4.78, 5) is 14.3.